The third-order valence-corrected chi connectivity index (χ3v) is 2.89. The topological polar surface area (TPSA) is 26.3 Å². The van der Waals surface area contributed by atoms with Crippen molar-refractivity contribution in [3.63, 3.8) is 0 Å². The molecule has 0 aromatic heterocycles. The van der Waals surface area contributed by atoms with Gasteiger partial charge in [-0.15, -0.1) is 6.58 Å². The molecule has 0 saturated heterocycles. The standard InChI is InChI=1S/C14H21F3O2/c1-3-8-13(14(15,16)17)10-7-5-4-6-9-12(2)19-11-18/h3,11,13H,1-2,4-10H2/t13-/m0/s1. The van der Waals surface area contributed by atoms with Gasteiger partial charge >= 0.3 is 6.18 Å². The molecule has 0 aromatic carbocycles. The van der Waals surface area contributed by atoms with Gasteiger partial charge in [0.2, 0.25) is 0 Å². The Labute approximate surface area is 112 Å². The third kappa shape index (κ3) is 9.33. The highest BCUT2D eigenvalue weighted by Gasteiger charge is 2.37. The lowest BCUT2D eigenvalue weighted by molar-refractivity contribution is -0.175. The molecule has 0 fully saturated rings. The van der Waals surface area contributed by atoms with Crippen LogP contribution < -0.4 is 0 Å². The van der Waals surface area contributed by atoms with E-state index in [0.29, 0.717) is 25.1 Å². The van der Waals surface area contributed by atoms with Crippen LogP contribution in [-0.2, 0) is 9.53 Å². The average molecular weight is 278 g/mol. The van der Waals surface area contributed by atoms with Gasteiger partial charge < -0.3 is 4.74 Å². The Morgan fingerprint density at radius 2 is 1.84 bits per heavy atom. The second-order valence-electron chi connectivity index (χ2n) is 4.47. The fraction of sp³-hybridized carbons (Fsp3) is 0.643. The van der Waals surface area contributed by atoms with Gasteiger partial charge in [0.05, 0.1) is 5.92 Å². The van der Waals surface area contributed by atoms with Crippen LogP contribution in [0.1, 0.15) is 44.9 Å². The number of hydrogen-bond acceptors (Lipinski definition) is 2. The van der Waals surface area contributed by atoms with E-state index in [1.54, 1.807) is 0 Å². The summed E-state index contributed by atoms with van der Waals surface area (Å²) < 4.78 is 42.2. The van der Waals surface area contributed by atoms with Crippen LogP contribution in [0.5, 0.6) is 0 Å². The van der Waals surface area contributed by atoms with Gasteiger partial charge in [0, 0.05) is 6.42 Å². The van der Waals surface area contributed by atoms with Crippen molar-refractivity contribution in [1.29, 1.82) is 0 Å². The molecule has 0 heterocycles. The average Bonchev–Trinajstić information content (AvgIpc) is 2.31. The minimum absolute atomic E-state index is 0.0204. The van der Waals surface area contributed by atoms with Crippen LogP contribution in [-0.4, -0.2) is 12.6 Å². The van der Waals surface area contributed by atoms with E-state index in [2.05, 4.69) is 17.9 Å². The highest BCUT2D eigenvalue weighted by molar-refractivity contribution is 5.39. The first-order valence-electron chi connectivity index (χ1n) is 6.37. The minimum Gasteiger partial charge on any atom is -0.434 e. The van der Waals surface area contributed by atoms with Crippen LogP contribution in [0.3, 0.4) is 0 Å². The molecule has 0 aliphatic heterocycles. The van der Waals surface area contributed by atoms with E-state index >= 15 is 0 Å². The monoisotopic (exact) mass is 278 g/mol. The van der Waals surface area contributed by atoms with E-state index < -0.39 is 12.1 Å². The lowest BCUT2D eigenvalue weighted by atomic mass is 9.96. The van der Waals surface area contributed by atoms with Gasteiger partial charge in [-0.2, -0.15) is 13.2 Å². The Hall–Kier alpha value is -1.26. The minimum atomic E-state index is -4.14. The number of halogens is 3. The van der Waals surface area contributed by atoms with Crippen molar-refractivity contribution in [2.75, 3.05) is 0 Å². The maximum absolute atomic E-state index is 12.6. The summed E-state index contributed by atoms with van der Waals surface area (Å²) in [6.45, 7) is 7.22. The van der Waals surface area contributed by atoms with Gasteiger partial charge in [0.1, 0.15) is 5.76 Å². The molecule has 0 saturated carbocycles. The summed E-state index contributed by atoms with van der Waals surface area (Å²) in [4.78, 5) is 9.98. The maximum atomic E-state index is 12.6. The largest absolute Gasteiger partial charge is 0.434 e. The van der Waals surface area contributed by atoms with E-state index in [1.165, 1.54) is 6.08 Å². The molecule has 0 radical (unpaired) electrons. The van der Waals surface area contributed by atoms with Gasteiger partial charge in [0.15, 0.2) is 0 Å². The number of carbonyl (C=O) groups is 1. The number of allylic oxidation sites excluding steroid dienone is 2. The van der Waals surface area contributed by atoms with Gasteiger partial charge in [-0.25, -0.2) is 0 Å². The van der Waals surface area contributed by atoms with E-state index in [-0.39, 0.29) is 12.8 Å². The molecule has 0 N–H and O–H groups in total. The van der Waals surface area contributed by atoms with Gasteiger partial charge in [-0.1, -0.05) is 31.9 Å². The second-order valence-corrected chi connectivity index (χ2v) is 4.47. The molecule has 5 heteroatoms. The zero-order valence-corrected chi connectivity index (χ0v) is 11.0. The lowest BCUT2D eigenvalue weighted by Crippen LogP contribution is -2.22. The molecule has 0 aromatic rings. The van der Waals surface area contributed by atoms with Crippen molar-refractivity contribution in [3.05, 3.63) is 25.0 Å². The van der Waals surface area contributed by atoms with Crippen molar-refractivity contribution in [2.24, 2.45) is 5.92 Å². The number of unbranched alkanes of at least 4 members (excludes halogenated alkanes) is 3. The third-order valence-electron chi connectivity index (χ3n) is 2.89. The van der Waals surface area contributed by atoms with Crippen LogP contribution in [0.15, 0.2) is 25.0 Å². The Balaban J connectivity index is 3.69. The van der Waals surface area contributed by atoms with Crippen LogP contribution in [0.25, 0.3) is 0 Å². The molecular weight excluding hydrogens is 257 g/mol. The second kappa shape index (κ2) is 9.64. The molecule has 0 amide bonds. The smallest absolute Gasteiger partial charge is 0.392 e. The number of hydrogen-bond donors (Lipinski definition) is 0. The number of ether oxygens (including phenoxy) is 1. The van der Waals surface area contributed by atoms with E-state index in [0.717, 1.165) is 19.3 Å². The molecule has 2 nitrogen and oxygen atoms in total. The Bertz CT molecular complexity index is 285. The molecule has 0 spiro atoms. The summed E-state index contributed by atoms with van der Waals surface area (Å²) in [5.74, 6) is -0.881. The van der Waals surface area contributed by atoms with Crippen molar-refractivity contribution >= 4 is 6.47 Å². The summed E-state index contributed by atoms with van der Waals surface area (Å²) in [5, 5.41) is 0. The molecule has 0 aliphatic carbocycles. The molecular formula is C14H21F3O2. The normalized spacial score (nSPS) is 12.8. The van der Waals surface area contributed by atoms with Crippen LogP contribution >= 0.6 is 0 Å². The fourth-order valence-corrected chi connectivity index (χ4v) is 1.81. The SMILES string of the molecule is C=CC[C@@H](CCCCCCC(=C)OC=O)C(F)(F)F. The predicted octanol–water partition coefficient (Wildman–Crippen LogP) is 4.77. The molecule has 0 rings (SSSR count). The summed E-state index contributed by atoms with van der Waals surface area (Å²) in [6, 6.07) is 0. The van der Waals surface area contributed by atoms with Gasteiger partial charge in [-0.3, -0.25) is 4.79 Å². The lowest BCUT2D eigenvalue weighted by Gasteiger charge is -2.18. The van der Waals surface area contributed by atoms with E-state index in [4.69, 9.17) is 0 Å². The molecule has 0 unspecified atom stereocenters. The number of rotatable bonds is 11. The molecule has 19 heavy (non-hydrogen) atoms. The summed E-state index contributed by atoms with van der Waals surface area (Å²) >= 11 is 0. The molecule has 1 atom stereocenters. The van der Waals surface area contributed by atoms with Crippen LogP contribution in [0, 0.1) is 5.92 Å². The molecule has 0 aliphatic rings. The summed E-state index contributed by atoms with van der Waals surface area (Å²) in [5.41, 5.74) is 0. The Morgan fingerprint density at radius 1 is 1.21 bits per heavy atom. The predicted molar refractivity (Wildman–Crippen MR) is 68.4 cm³/mol. The fourth-order valence-electron chi connectivity index (χ4n) is 1.81. The van der Waals surface area contributed by atoms with Crippen molar-refractivity contribution in [2.45, 2.75) is 51.1 Å². The highest BCUT2D eigenvalue weighted by Crippen LogP contribution is 2.33. The first kappa shape index (κ1) is 17.7. The number of carbonyl (C=O) groups excluding carboxylic acids is 1. The number of alkyl halides is 3. The first-order chi connectivity index (χ1) is 8.91. The van der Waals surface area contributed by atoms with Gasteiger partial charge in [-0.05, 0) is 19.3 Å². The van der Waals surface area contributed by atoms with Crippen LogP contribution in [0.2, 0.25) is 0 Å². The van der Waals surface area contributed by atoms with Crippen molar-refractivity contribution < 1.29 is 22.7 Å². The molecule has 110 valence electrons. The van der Waals surface area contributed by atoms with Crippen molar-refractivity contribution in [3.8, 4) is 0 Å². The van der Waals surface area contributed by atoms with E-state index in [1.807, 2.05) is 0 Å². The highest BCUT2D eigenvalue weighted by atomic mass is 19.4. The van der Waals surface area contributed by atoms with Crippen molar-refractivity contribution in [1.82, 2.24) is 0 Å². The zero-order chi connectivity index (χ0) is 14.7. The zero-order valence-electron chi connectivity index (χ0n) is 11.0. The van der Waals surface area contributed by atoms with Crippen LogP contribution in [0.4, 0.5) is 13.2 Å². The Morgan fingerprint density at radius 3 is 2.37 bits per heavy atom. The molecule has 0 bridgehead atoms. The summed E-state index contributed by atoms with van der Waals surface area (Å²) in [6.07, 6.45) is 0.712. The van der Waals surface area contributed by atoms with E-state index in [9.17, 15) is 18.0 Å². The maximum Gasteiger partial charge on any atom is 0.392 e. The summed E-state index contributed by atoms with van der Waals surface area (Å²) in [7, 11) is 0. The Kier molecular flexibility index (Phi) is 9.00. The first-order valence-corrected chi connectivity index (χ1v) is 6.37. The quantitative estimate of drug-likeness (QED) is 0.235. The van der Waals surface area contributed by atoms with Gasteiger partial charge in [0.25, 0.3) is 6.47 Å².